The van der Waals surface area contributed by atoms with Crippen LogP contribution in [0.1, 0.15) is 27.0 Å². The van der Waals surface area contributed by atoms with E-state index >= 15 is 0 Å². The van der Waals surface area contributed by atoms with Gasteiger partial charge < -0.3 is 4.90 Å². The Morgan fingerprint density at radius 2 is 2.33 bits per heavy atom. The summed E-state index contributed by atoms with van der Waals surface area (Å²) in [5.74, 6) is 4.87. The van der Waals surface area contributed by atoms with Crippen molar-refractivity contribution < 1.29 is 4.79 Å². The summed E-state index contributed by atoms with van der Waals surface area (Å²) in [6, 6.07) is 1.91. The van der Waals surface area contributed by atoms with Gasteiger partial charge in [0.1, 0.15) is 0 Å². The third-order valence-corrected chi connectivity index (χ3v) is 3.45. The lowest BCUT2D eigenvalue weighted by molar-refractivity contribution is 0.0957. The second-order valence-corrected chi connectivity index (χ2v) is 4.75. The van der Waals surface area contributed by atoms with E-state index in [0.717, 1.165) is 13.1 Å². The molecule has 0 aliphatic rings. The van der Waals surface area contributed by atoms with Crippen molar-refractivity contribution in [1.82, 2.24) is 10.3 Å². The number of hydrogen-bond donors (Lipinski definition) is 2. The predicted octanol–water partition coefficient (Wildman–Crippen LogP) is 1.11. The summed E-state index contributed by atoms with van der Waals surface area (Å²) in [5, 5.41) is 0. The standard InChI is InChI=1S/C10H17N3OS/c1-4-13(3)6-8-5-9(10(14)12-11)15-7(8)2/h5H,4,6,11H2,1-3H3,(H,12,14). The van der Waals surface area contributed by atoms with E-state index in [1.807, 2.05) is 13.0 Å². The lowest BCUT2D eigenvalue weighted by atomic mass is 10.2. The van der Waals surface area contributed by atoms with Crippen molar-refractivity contribution in [3.63, 3.8) is 0 Å². The summed E-state index contributed by atoms with van der Waals surface area (Å²) in [7, 11) is 2.06. The number of carbonyl (C=O) groups excluding carboxylic acids is 1. The lowest BCUT2D eigenvalue weighted by Crippen LogP contribution is -2.29. The first-order valence-corrected chi connectivity index (χ1v) is 5.69. The van der Waals surface area contributed by atoms with Crippen LogP contribution in [0, 0.1) is 6.92 Å². The molecule has 0 saturated carbocycles. The molecule has 0 fully saturated rings. The third kappa shape index (κ3) is 3.02. The number of nitrogens with one attached hydrogen (secondary N) is 1. The molecule has 3 N–H and O–H groups in total. The molecular formula is C10H17N3OS. The van der Waals surface area contributed by atoms with Gasteiger partial charge in [0, 0.05) is 11.4 Å². The van der Waals surface area contributed by atoms with Crippen molar-refractivity contribution in [3.8, 4) is 0 Å². The maximum absolute atomic E-state index is 11.3. The first-order valence-electron chi connectivity index (χ1n) is 4.87. The minimum Gasteiger partial charge on any atom is -0.302 e. The van der Waals surface area contributed by atoms with Gasteiger partial charge in [-0.25, -0.2) is 5.84 Å². The van der Waals surface area contributed by atoms with Gasteiger partial charge in [-0.15, -0.1) is 11.3 Å². The van der Waals surface area contributed by atoms with Gasteiger partial charge in [-0.2, -0.15) is 0 Å². The maximum Gasteiger partial charge on any atom is 0.275 e. The van der Waals surface area contributed by atoms with E-state index in [1.54, 1.807) is 0 Å². The van der Waals surface area contributed by atoms with Crippen LogP contribution in [-0.4, -0.2) is 24.4 Å². The highest BCUT2D eigenvalue weighted by molar-refractivity contribution is 7.14. The number of rotatable bonds is 4. The number of aryl methyl sites for hydroxylation is 1. The first-order chi connectivity index (χ1) is 7.08. The number of nitrogens with two attached hydrogens (primary N) is 1. The fourth-order valence-electron chi connectivity index (χ4n) is 1.26. The number of thiophene rings is 1. The second kappa shape index (κ2) is 5.25. The minimum atomic E-state index is -0.214. The van der Waals surface area contributed by atoms with Gasteiger partial charge in [-0.05, 0) is 32.1 Å². The van der Waals surface area contributed by atoms with E-state index in [2.05, 4.69) is 24.3 Å². The molecule has 15 heavy (non-hydrogen) atoms. The van der Waals surface area contributed by atoms with Crippen LogP contribution in [0.25, 0.3) is 0 Å². The molecule has 0 unspecified atom stereocenters. The molecule has 0 saturated heterocycles. The Morgan fingerprint density at radius 3 is 2.87 bits per heavy atom. The summed E-state index contributed by atoms with van der Waals surface area (Å²) in [5.41, 5.74) is 3.34. The molecule has 1 aromatic heterocycles. The predicted molar refractivity (Wildman–Crippen MR) is 62.7 cm³/mol. The van der Waals surface area contributed by atoms with E-state index in [4.69, 9.17) is 5.84 Å². The van der Waals surface area contributed by atoms with Crippen molar-refractivity contribution >= 4 is 17.2 Å². The van der Waals surface area contributed by atoms with Crippen molar-refractivity contribution in [3.05, 3.63) is 21.4 Å². The van der Waals surface area contributed by atoms with Crippen LogP contribution < -0.4 is 11.3 Å². The zero-order valence-corrected chi connectivity index (χ0v) is 10.1. The van der Waals surface area contributed by atoms with Crippen molar-refractivity contribution in [2.45, 2.75) is 20.4 Å². The lowest BCUT2D eigenvalue weighted by Gasteiger charge is -2.12. The highest BCUT2D eigenvalue weighted by atomic mass is 32.1. The molecule has 0 aromatic carbocycles. The van der Waals surface area contributed by atoms with E-state index in [0.29, 0.717) is 4.88 Å². The number of hydrazine groups is 1. The topological polar surface area (TPSA) is 58.4 Å². The van der Waals surface area contributed by atoms with Gasteiger partial charge in [0.05, 0.1) is 4.88 Å². The molecule has 0 aliphatic carbocycles. The van der Waals surface area contributed by atoms with E-state index in [1.165, 1.54) is 21.8 Å². The van der Waals surface area contributed by atoms with Crippen molar-refractivity contribution in [2.24, 2.45) is 5.84 Å². The van der Waals surface area contributed by atoms with Crippen LogP contribution in [0.3, 0.4) is 0 Å². The normalized spacial score (nSPS) is 10.7. The summed E-state index contributed by atoms with van der Waals surface area (Å²) in [6.07, 6.45) is 0. The van der Waals surface area contributed by atoms with Crippen LogP contribution in [0.2, 0.25) is 0 Å². The molecule has 1 aromatic rings. The Bertz CT molecular complexity index is 348. The SMILES string of the molecule is CCN(C)Cc1cc(C(=O)NN)sc1C. The monoisotopic (exact) mass is 227 g/mol. The molecule has 4 nitrogen and oxygen atoms in total. The quantitative estimate of drug-likeness (QED) is 0.460. The van der Waals surface area contributed by atoms with E-state index < -0.39 is 0 Å². The van der Waals surface area contributed by atoms with Crippen LogP contribution in [-0.2, 0) is 6.54 Å². The number of nitrogens with zero attached hydrogens (tertiary/aromatic N) is 1. The molecule has 1 amide bonds. The Morgan fingerprint density at radius 1 is 1.67 bits per heavy atom. The first kappa shape index (κ1) is 12.2. The zero-order valence-electron chi connectivity index (χ0n) is 9.33. The molecule has 0 radical (unpaired) electrons. The molecule has 0 bridgehead atoms. The Hall–Kier alpha value is -0.910. The zero-order chi connectivity index (χ0) is 11.4. The Balaban J connectivity index is 2.82. The fourth-order valence-corrected chi connectivity index (χ4v) is 2.20. The van der Waals surface area contributed by atoms with Gasteiger partial charge in [0.2, 0.25) is 0 Å². The smallest absolute Gasteiger partial charge is 0.275 e. The van der Waals surface area contributed by atoms with Crippen LogP contribution >= 0.6 is 11.3 Å². The molecular weight excluding hydrogens is 210 g/mol. The van der Waals surface area contributed by atoms with Gasteiger partial charge >= 0.3 is 0 Å². The molecule has 5 heteroatoms. The van der Waals surface area contributed by atoms with Crippen LogP contribution in [0.4, 0.5) is 0 Å². The number of carbonyl (C=O) groups is 1. The number of amides is 1. The summed E-state index contributed by atoms with van der Waals surface area (Å²) < 4.78 is 0. The minimum absolute atomic E-state index is 0.214. The molecule has 1 rings (SSSR count). The van der Waals surface area contributed by atoms with Gasteiger partial charge in [-0.3, -0.25) is 10.2 Å². The fraction of sp³-hybridized carbons (Fsp3) is 0.500. The maximum atomic E-state index is 11.3. The highest BCUT2D eigenvalue weighted by Crippen LogP contribution is 2.22. The van der Waals surface area contributed by atoms with Crippen LogP contribution in [0.15, 0.2) is 6.07 Å². The summed E-state index contributed by atoms with van der Waals surface area (Å²) in [4.78, 5) is 15.3. The number of nitrogen functional groups attached to an aromatic ring is 1. The molecule has 0 aliphatic heterocycles. The van der Waals surface area contributed by atoms with E-state index in [-0.39, 0.29) is 5.91 Å². The highest BCUT2D eigenvalue weighted by Gasteiger charge is 2.11. The molecule has 84 valence electrons. The van der Waals surface area contributed by atoms with Crippen molar-refractivity contribution in [1.29, 1.82) is 0 Å². The Kier molecular flexibility index (Phi) is 4.26. The summed E-state index contributed by atoms with van der Waals surface area (Å²) in [6.45, 7) is 6.00. The van der Waals surface area contributed by atoms with Crippen molar-refractivity contribution in [2.75, 3.05) is 13.6 Å². The average molecular weight is 227 g/mol. The molecule has 0 atom stereocenters. The van der Waals surface area contributed by atoms with E-state index in [9.17, 15) is 4.79 Å². The average Bonchev–Trinajstić information content (AvgIpc) is 2.59. The van der Waals surface area contributed by atoms with Gasteiger partial charge in [0.25, 0.3) is 5.91 Å². The molecule has 1 heterocycles. The largest absolute Gasteiger partial charge is 0.302 e. The van der Waals surface area contributed by atoms with Gasteiger partial charge in [0.15, 0.2) is 0 Å². The van der Waals surface area contributed by atoms with Crippen LogP contribution in [0.5, 0.6) is 0 Å². The van der Waals surface area contributed by atoms with Gasteiger partial charge in [-0.1, -0.05) is 6.92 Å². The Labute approximate surface area is 94.0 Å². The number of hydrogen-bond acceptors (Lipinski definition) is 4. The summed E-state index contributed by atoms with van der Waals surface area (Å²) >= 11 is 1.48. The second-order valence-electron chi connectivity index (χ2n) is 3.50. The third-order valence-electron chi connectivity index (χ3n) is 2.36. The molecule has 0 spiro atoms.